The summed E-state index contributed by atoms with van der Waals surface area (Å²) in [6, 6.07) is 5.10. The second-order valence-corrected chi connectivity index (χ2v) is 7.58. The van der Waals surface area contributed by atoms with Crippen LogP contribution in [0.1, 0.15) is 29.7 Å². The summed E-state index contributed by atoms with van der Waals surface area (Å²) in [7, 11) is 0. The summed E-state index contributed by atoms with van der Waals surface area (Å²) in [5.41, 5.74) is -0.122. The van der Waals surface area contributed by atoms with Crippen LogP contribution in [0.25, 0.3) is 11.7 Å². The van der Waals surface area contributed by atoms with Gasteiger partial charge in [0.1, 0.15) is 5.69 Å². The lowest BCUT2D eigenvalue weighted by molar-refractivity contribution is -0.137. The summed E-state index contributed by atoms with van der Waals surface area (Å²) in [4.78, 5) is 29.4. The fourth-order valence-electron chi connectivity index (χ4n) is 3.20. The molecule has 3 heterocycles. The van der Waals surface area contributed by atoms with E-state index >= 15 is 0 Å². The van der Waals surface area contributed by atoms with E-state index in [1.807, 2.05) is 0 Å². The Morgan fingerprint density at radius 1 is 1.27 bits per heavy atom. The SMILES string of the molecule is O=c1[nH]c(O)c(C=c2cnn3c(=NC4CC4)nc(NCc4cccc(C(F)(F)F)c4)nc23)[nH]1. The Balaban J connectivity index is 1.54. The molecule has 1 fully saturated rings. The highest BCUT2D eigenvalue weighted by atomic mass is 19.4. The standard InChI is InChI=1S/C20H17F3N8O2/c21-20(22,23)12-3-1-2-10(6-12)8-24-17-28-15-11(7-14-16(32)29-19(33)27-14)9-25-31(15)18(30-17)26-13-4-5-13/h1-3,6-7,9,13,32H,4-5,8H2,(H,24,26,30)(H2,27,29,33). The van der Waals surface area contributed by atoms with E-state index in [9.17, 15) is 23.1 Å². The number of aromatic amines is 2. The quantitative estimate of drug-likeness (QED) is 0.354. The number of H-pyrrole nitrogens is 2. The van der Waals surface area contributed by atoms with Crippen molar-refractivity contribution < 1.29 is 18.3 Å². The molecule has 1 saturated carbocycles. The molecule has 0 radical (unpaired) electrons. The zero-order chi connectivity index (χ0) is 23.2. The van der Waals surface area contributed by atoms with Crippen molar-refractivity contribution in [2.24, 2.45) is 4.99 Å². The molecule has 1 aliphatic carbocycles. The van der Waals surface area contributed by atoms with Crippen LogP contribution >= 0.6 is 0 Å². The molecular weight excluding hydrogens is 441 g/mol. The van der Waals surface area contributed by atoms with Gasteiger partial charge in [-0.1, -0.05) is 12.1 Å². The number of hydrogen-bond acceptors (Lipinski definition) is 7. The zero-order valence-electron chi connectivity index (χ0n) is 16.9. The third-order valence-electron chi connectivity index (χ3n) is 4.96. The van der Waals surface area contributed by atoms with Gasteiger partial charge in [0.05, 0.1) is 17.8 Å². The maximum Gasteiger partial charge on any atom is 0.416 e. The first-order chi connectivity index (χ1) is 15.8. The van der Waals surface area contributed by atoms with Gasteiger partial charge in [-0.05, 0) is 36.6 Å². The minimum atomic E-state index is -4.44. The van der Waals surface area contributed by atoms with Gasteiger partial charge in [-0.15, -0.1) is 0 Å². The van der Waals surface area contributed by atoms with Crippen molar-refractivity contribution in [3.05, 3.63) is 68.6 Å². The van der Waals surface area contributed by atoms with Crippen LogP contribution < -0.4 is 21.8 Å². The molecule has 4 N–H and O–H groups in total. The molecule has 3 aromatic heterocycles. The summed E-state index contributed by atoms with van der Waals surface area (Å²) in [6.45, 7) is 0.0576. The number of rotatable bonds is 5. The van der Waals surface area contributed by atoms with Gasteiger partial charge in [-0.2, -0.15) is 32.8 Å². The summed E-state index contributed by atoms with van der Waals surface area (Å²) >= 11 is 0. The average Bonchev–Trinajstić information content (AvgIpc) is 3.40. The number of benzene rings is 1. The summed E-state index contributed by atoms with van der Waals surface area (Å²) < 4.78 is 40.4. The van der Waals surface area contributed by atoms with Crippen LogP contribution in [-0.2, 0) is 12.7 Å². The first-order valence-corrected chi connectivity index (χ1v) is 9.99. The number of aromatic nitrogens is 6. The predicted molar refractivity (Wildman–Crippen MR) is 110 cm³/mol. The predicted octanol–water partition coefficient (Wildman–Crippen LogP) is 1.09. The minimum Gasteiger partial charge on any atom is -0.493 e. The lowest BCUT2D eigenvalue weighted by Crippen LogP contribution is -2.24. The number of imidazole rings is 1. The lowest BCUT2D eigenvalue weighted by Gasteiger charge is -2.09. The van der Waals surface area contributed by atoms with E-state index in [0.717, 1.165) is 25.0 Å². The molecule has 4 aromatic rings. The van der Waals surface area contributed by atoms with E-state index in [1.165, 1.54) is 22.9 Å². The minimum absolute atomic E-state index is 0.0576. The first kappa shape index (κ1) is 20.7. The van der Waals surface area contributed by atoms with Crippen LogP contribution in [0, 0.1) is 0 Å². The van der Waals surface area contributed by atoms with Gasteiger partial charge in [-0.3, -0.25) is 4.98 Å². The maximum absolute atomic E-state index is 13.0. The van der Waals surface area contributed by atoms with Crippen molar-refractivity contribution >= 4 is 17.7 Å². The largest absolute Gasteiger partial charge is 0.493 e. The molecular formula is C20H17F3N8O2. The van der Waals surface area contributed by atoms with Gasteiger partial charge in [0, 0.05) is 11.8 Å². The number of halogens is 3. The molecule has 170 valence electrons. The molecule has 10 nitrogen and oxygen atoms in total. The van der Waals surface area contributed by atoms with Gasteiger partial charge in [0.25, 0.3) is 5.62 Å². The number of nitrogens with one attached hydrogen (secondary N) is 3. The van der Waals surface area contributed by atoms with Crippen molar-refractivity contribution in [1.82, 2.24) is 29.5 Å². The Morgan fingerprint density at radius 3 is 2.79 bits per heavy atom. The molecule has 1 aromatic carbocycles. The topological polar surface area (TPSA) is 136 Å². The Morgan fingerprint density at radius 2 is 2.09 bits per heavy atom. The highest BCUT2D eigenvalue weighted by Crippen LogP contribution is 2.29. The van der Waals surface area contributed by atoms with Crippen LogP contribution in [0.5, 0.6) is 5.88 Å². The van der Waals surface area contributed by atoms with Gasteiger partial charge >= 0.3 is 11.9 Å². The number of alkyl halides is 3. The van der Waals surface area contributed by atoms with Gasteiger partial charge in [0.15, 0.2) is 5.65 Å². The van der Waals surface area contributed by atoms with E-state index in [0.29, 0.717) is 22.0 Å². The van der Waals surface area contributed by atoms with Crippen LogP contribution in [0.2, 0.25) is 0 Å². The van der Waals surface area contributed by atoms with Crippen molar-refractivity contribution in [2.75, 3.05) is 5.32 Å². The van der Waals surface area contributed by atoms with E-state index < -0.39 is 17.4 Å². The molecule has 0 amide bonds. The summed E-state index contributed by atoms with van der Waals surface area (Å²) in [5.74, 6) is -0.180. The fraction of sp³-hybridized carbons (Fsp3) is 0.250. The highest BCUT2D eigenvalue weighted by Gasteiger charge is 2.30. The molecule has 0 unspecified atom stereocenters. The second kappa shape index (κ2) is 7.76. The van der Waals surface area contributed by atoms with Crippen LogP contribution in [0.3, 0.4) is 0 Å². The van der Waals surface area contributed by atoms with Crippen LogP contribution in [0.4, 0.5) is 19.1 Å². The number of aromatic hydroxyl groups is 1. The van der Waals surface area contributed by atoms with E-state index in [2.05, 4.69) is 35.3 Å². The molecule has 5 rings (SSSR count). The van der Waals surface area contributed by atoms with Crippen LogP contribution in [0.15, 0.2) is 40.2 Å². The summed E-state index contributed by atoms with van der Waals surface area (Å²) in [6.07, 6.45) is 0.389. The zero-order valence-corrected chi connectivity index (χ0v) is 16.9. The molecule has 0 atom stereocenters. The smallest absolute Gasteiger partial charge is 0.416 e. The van der Waals surface area contributed by atoms with Crippen molar-refractivity contribution in [2.45, 2.75) is 31.6 Å². The molecule has 0 aliphatic heterocycles. The third-order valence-corrected chi connectivity index (χ3v) is 4.96. The maximum atomic E-state index is 13.0. The van der Waals surface area contributed by atoms with E-state index in [1.54, 1.807) is 6.07 Å². The van der Waals surface area contributed by atoms with Crippen molar-refractivity contribution in [1.29, 1.82) is 0 Å². The molecule has 0 bridgehead atoms. The van der Waals surface area contributed by atoms with Crippen molar-refractivity contribution in [3.8, 4) is 5.88 Å². The first-order valence-electron chi connectivity index (χ1n) is 9.99. The number of anilines is 1. The third kappa shape index (κ3) is 4.42. The highest BCUT2D eigenvalue weighted by molar-refractivity contribution is 5.57. The van der Waals surface area contributed by atoms with Gasteiger partial charge in [-0.25, -0.2) is 9.79 Å². The van der Waals surface area contributed by atoms with E-state index in [-0.39, 0.29) is 30.1 Å². The molecule has 1 aliphatic rings. The Bertz CT molecular complexity index is 1510. The second-order valence-electron chi connectivity index (χ2n) is 7.58. The Kier molecular flexibility index (Phi) is 4.87. The average molecular weight is 458 g/mol. The number of hydrogen-bond donors (Lipinski definition) is 4. The lowest BCUT2D eigenvalue weighted by atomic mass is 10.1. The molecule has 33 heavy (non-hydrogen) atoms. The van der Waals surface area contributed by atoms with Crippen molar-refractivity contribution in [3.63, 3.8) is 0 Å². The van der Waals surface area contributed by atoms with Gasteiger partial charge < -0.3 is 15.4 Å². The monoisotopic (exact) mass is 458 g/mol. The normalized spacial score (nSPS) is 15.5. The Hall–Kier alpha value is -4.16. The van der Waals surface area contributed by atoms with Gasteiger partial charge in [0.2, 0.25) is 11.8 Å². The van der Waals surface area contributed by atoms with Crippen LogP contribution in [-0.4, -0.2) is 40.7 Å². The molecule has 0 spiro atoms. The Labute approximate surface area is 182 Å². The number of fused-ring (bicyclic) bond motifs is 1. The van der Waals surface area contributed by atoms with E-state index in [4.69, 9.17) is 0 Å². The number of nitrogens with zero attached hydrogens (tertiary/aromatic N) is 5. The fourth-order valence-corrected chi connectivity index (χ4v) is 3.20. The molecule has 13 heteroatoms. The molecule has 0 saturated heterocycles. The summed E-state index contributed by atoms with van der Waals surface area (Å²) in [5, 5.41) is 17.5.